The first-order valence-corrected chi connectivity index (χ1v) is 7.25. The van der Waals surface area contributed by atoms with Gasteiger partial charge in [0, 0.05) is 21.7 Å². The van der Waals surface area contributed by atoms with Crippen molar-refractivity contribution in [3.8, 4) is 5.75 Å². The number of phenolic OH excluding ortho intramolecular Hbond substituents is 1. The van der Waals surface area contributed by atoms with Gasteiger partial charge in [0.25, 0.3) is 5.91 Å². The first-order chi connectivity index (χ1) is 10.9. The molecule has 1 amide bonds. The van der Waals surface area contributed by atoms with E-state index < -0.39 is 22.3 Å². The Labute approximate surface area is 139 Å². The number of rotatable bonds is 4. The number of carbonyl (C=O) groups is 1. The molecule has 23 heavy (non-hydrogen) atoms. The van der Waals surface area contributed by atoms with Crippen LogP contribution in [-0.4, -0.2) is 22.2 Å². The summed E-state index contributed by atoms with van der Waals surface area (Å²) < 4.78 is 0.410. The number of amides is 1. The molecule has 8 heteroatoms. The lowest BCUT2D eigenvalue weighted by molar-refractivity contribution is -0.385. The first-order valence-electron chi connectivity index (χ1n) is 6.45. The summed E-state index contributed by atoms with van der Waals surface area (Å²) in [5.74, 6) is -0.947. The number of nitro groups is 1. The largest absolute Gasteiger partial charge is 0.502 e. The number of aromatic hydroxyl groups is 1. The fourth-order valence-electron chi connectivity index (χ4n) is 1.77. The lowest BCUT2D eigenvalue weighted by Crippen LogP contribution is -2.17. The van der Waals surface area contributed by atoms with Crippen molar-refractivity contribution < 1.29 is 14.8 Å². The van der Waals surface area contributed by atoms with Gasteiger partial charge in [-0.2, -0.15) is 5.10 Å². The van der Waals surface area contributed by atoms with E-state index in [1.807, 2.05) is 6.92 Å². The smallest absolute Gasteiger partial charge is 0.312 e. The zero-order chi connectivity index (χ0) is 17.0. The van der Waals surface area contributed by atoms with Crippen molar-refractivity contribution in [2.24, 2.45) is 5.10 Å². The average molecular weight is 378 g/mol. The van der Waals surface area contributed by atoms with E-state index in [0.29, 0.717) is 10.0 Å². The Kier molecular flexibility index (Phi) is 5.07. The number of aryl methyl sites for hydroxylation is 1. The maximum absolute atomic E-state index is 11.9. The van der Waals surface area contributed by atoms with Gasteiger partial charge in [-0.05, 0) is 25.1 Å². The van der Waals surface area contributed by atoms with Gasteiger partial charge in [-0.25, -0.2) is 5.43 Å². The molecule has 0 atom stereocenters. The summed E-state index contributed by atoms with van der Waals surface area (Å²) in [5, 5.41) is 24.4. The van der Waals surface area contributed by atoms with Crippen LogP contribution in [0.25, 0.3) is 0 Å². The Morgan fingerprint density at radius 2 is 2.00 bits per heavy atom. The predicted octanol–water partition coefficient (Wildman–Crippen LogP) is 3.14. The molecular formula is C15H12BrN3O4. The average Bonchev–Trinajstić information content (AvgIpc) is 2.50. The molecule has 2 rings (SSSR count). The standard InChI is InChI=1S/C15H12BrN3O4/c1-9-2-4-10(5-3-9)15(21)18-17-8-11-6-12(16)7-13(14(11)20)19(22)23/h2-8,20H,1H3,(H,18,21)/b17-8-. The van der Waals surface area contributed by atoms with Crippen LogP contribution in [0.3, 0.4) is 0 Å². The van der Waals surface area contributed by atoms with Crippen molar-refractivity contribution in [1.29, 1.82) is 0 Å². The van der Waals surface area contributed by atoms with Gasteiger partial charge in [-0.3, -0.25) is 14.9 Å². The van der Waals surface area contributed by atoms with E-state index in [4.69, 9.17) is 0 Å². The fourth-order valence-corrected chi connectivity index (χ4v) is 2.24. The Morgan fingerprint density at radius 3 is 2.61 bits per heavy atom. The zero-order valence-electron chi connectivity index (χ0n) is 12.0. The molecule has 0 spiro atoms. The van der Waals surface area contributed by atoms with Gasteiger partial charge in [0.1, 0.15) is 0 Å². The van der Waals surface area contributed by atoms with Crippen molar-refractivity contribution >= 4 is 33.7 Å². The van der Waals surface area contributed by atoms with E-state index in [0.717, 1.165) is 11.8 Å². The molecule has 2 aromatic carbocycles. The number of nitrogens with one attached hydrogen (secondary N) is 1. The van der Waals surface area contributed by atoms with Crippen molar-refractivity contribution in [3.63, 3.8) is 0 Å². The van der Waals surface area contributed by atoms with E-state index in [1.54, 1.807) is 24.3 Å². The molecule has 2 aromatic rings. The molecule has 0 aromatic heterocycles. The summed E-state index contributed by atoms with van der Waals surface area (Å²) in [6.45, 7) is 1.91. The Morgan fingerprint density at radius 1 is 1.35 bits per heavy atom. The van der Waals surface area contributed by atoms with Crippen LogP contribution in [0.1, 0.15) is 21.5 Å². The third-order valence-electron chi connectivity index (χ3n) is 2.96. The summed E-state index contributed by atoms with van der Waals surface area (Å²) in [5.41, 5.74) is 3.40. The number of carbonyl (C=O) groups excluding carboxylic acids is 1. The summed E-state index contributed by atoms with van der Waals surface area (Å²) in [6.07, 6.45) is 1.14. The molecule has 0 saturated carbocycles. The number of hydrogen-bond acceptors (Lipinski definition) is 5. The molecule has 7 nitrogen and oxygen atoms in total. The van der Waals surface area contributed by atoms with E-state index in [1.165, 1.54) is 12.1 Å². The number of hydrazone groups is 1. The molecule has 0 radical (unpaired) electrons. The molecular weight excluding hydrogens is 366 g/mol. The molecule has 118 valence electrons. The fraction of sp³-hybridized carbons (Fsp3) is 0.0667. The molecule has 0 heterocycles. The highest BCUT2D eigenvalue weighted by Crippen LogP contribution is 2.32. The van der Waals surface area contributed by atoms with Crippen LogP contribution in [0.2, 0.25) is 0 Å². The summed E-state index contributed by atoms with van der Waals surface area (Å²) in [4.78, 5) is 22.0. The normalized spacial score (nSPS) is 10.7. The SMILES string of the molecule is Cc1ccc(C(=O)N/N=C\c2cc(Br)cc([N+](=O)[O-])c2O)cc1. The van der Waals surface area contributed by atoms with Crippen LogP contribution in [0.5, 0.6) is 5.75 Å². The van der Waals surface area contributed by atoms with Gasteiger partial charge >= 0.3 is 5.69 Å². The highest BCUT2D eigenvalue weighted by Gasteiger charge is 2.17. The zero-order valence-corrected chi connectivity index (χ0v) is 13.6. The summed E-state index contributed by atoms with van der Waals surface area (Å²) >= 11 is 3.12. The van der Waals surface area contributed by atoms with Crippen LogP contribution in [0.15, 0.2) is 46.0 Å². The van der Waals surface area contributed by atoms with Crippen molar-refractivity contribution in [2.75, 3.05) is 0 Å². The minimum absolute atomic E-state index is 0.107. The van der Waals surface area contributed by atoms with Gasteiger partial charge < -0.3 is 5.11 Å². The predicted molar refractivity (Wildman–Crippen MR) is 88.7 cm³/mol. The third kappa shape index (κ3) is 4.13. The molecule has 0 aliphatic heterocycles. The maximum Gasteiger partial charge on any atom is 0.312 e. The topological polar surface area (TPSA) is 105 Å². The van der Waals surface area contributed by atoms with Gasteiger partial charge in [-0.1, -0.05) is 33.6 Å². The van der Waals surface area contributed by atoms with E-state index >= 15 is 0 Å². The van der Waals surface area contributed by atoms with Gasteiger partial charge in [0.15, 0.2) is 0 Å². The van der Waals surface area contributed by atoms with Crippen molar-refractivity contribution in [1.82, 2.24) is 5.43 Å². The second-order valence-corrected chi connectivity index (χ2v) is 5.60. The van der Waals surface area contributed by atoms with Crippen molar-refractivity contribution in [3.05, 3.63) is 67.7 Å². The van der Waals surface area contributed by atoms with Gasteiger partial charge in [0.05, 0.1) is 11.1 Å². The number of nitrogens with zero attached hydrogens (tertiary/aromatic N) is 2. The second-order valence-electron chi connectivity index (χ2n) is 4.69. The molecule has 0 bridgehead atoms. The van der Waals surface area contributed by atoms with Crippen molar-refractivity contribution in [2.45, 2.75) is 6.92 Å². The Bertz CT molecular complexity index is 788. The van der Waals surface area contributed by atoms with Crippen LogP contribution in [0.4, 0.5) is 5.69 Å². The number of nitro benzene ring substituents is 1. The highest BCUT2D eigenvalue weighted by molar-refractivity contribution is 9.10. The molecule has 0 aliphatic carbocycles. The number of phenols is 1. The van der Waals surface area contributed by atoms with E-state index in [9.17, 15) is 20.0 Å². The van der Waals surface area contributed by atoms with Crippen LogP contribution < -0.4 is 5.43 Å². The lowest BCUT2D eigenvalue weighted by Gasteiger charge is -2.02. The maximum atomic E-state index is 11.9. The minimum Gasteiger partial charge on any atom is -0.502 e. The highest BCUT2D eigenvalue weighted by atomic mass is 79.9. The molecule has 0 saturated heterocycles. The van der Waals surface area contributed by atoms with Gasteiger partial charge in [-0.15, -0.1) is 0 Å². The monoisotopic (exact) mass is 377 g/mol. The summed E-state index contributed by atoms with van der Waals surface area (Å²) in [6, 6.07) is 9.52. The quantitative estimate of drug-likeness (QED) is 0.484. The third-order valence-corrected chi connectivity index (χ3v) is 3.42. The first kappa shape index (κ1) is 16.6. The molecule has 0 aliphatic rings. The summed E-state index contributed by atoms with van der Waals surface area (Å²) in [7, 11) is 0. The van der Waals surface area contributed by atoms with E-state index in [2.05, 4.69) is 26.5 Å². The van der Waals surface area contributed by atoms with Crippen LogP contribution in [-0.2, 0) is 0 Å². The van der Waals surface area contributed by atoms with Crippen LogP contribution in [0, 0.1) is 17.0 Å². The Balaban J connectivity index is 2.16. The minimum atomic E-state index is -0.706. The van der Waals surface area contributed by atoms with E-state index in [-0.39, 0.29) is 5.56 Å². The Hall–Kier alpha value is -2.74. The number of hydrogen-bond donors (Lipinski definition) is 2. The van der Waals surface area contributed by atoms with Gasteiger partial charge in [0.2, 0.25) is 5.75 Å². The number of halogens is 1. The molecule has 2 N–H and O–H groups in total. The van der Waals surface area contributed by atoms with Crippen LogP contribution >= 0.6 is 15.9 Å². The molecule has 0 fully saturated rings. The number of benzene rings is 2. The lowest BCUT2D eigenvalue weighted by atomic mass is 10.1. The second kappa shape index (κ2) is 7.01. The molecule has 0 unspecified atom stereocenters.